The van der Waals surface area contributed by atoms with Crippen molar-refractivity contribution in [2.45, 2.75) is 44.9 Å². The minimum atomic E-state index is -0.495. The van der Waals surface area contributed by atoms with E-state index in [1.807, 2.05) is 33.8 Å². The molecule has 20 heavy (non-hydrogen) atoms. The van der Waals surface area contributed by atoms with Gasteiger partial charge in [-0.3, -0.25) is 4.79 Å². The molecule has 3 N–H and O–H groups in total. The van der Waals surface area contributed by atoms with Gasteiger partial charge in [-0.15, -0.1) is 0 Å². The summed E-state index contributed by atoms with van der Waals surface area (Å²) in [6.45, 7) is 7.93. The predicted molar refractivity (Wildman–Crippen MR) is 78.6 cm³/mol. The van der Waals surface area contributed by atoms with Crippen LogP contribution in [0, 0.1) is 11.3 Å². The first-order chi connectivity index (χ1) is 9.18. The minimum absolute atomic E-state index is 0.0316. The van der Waals surface area contributed by atoms with Gasteiger partial charge >= 0.3 is 7.12 Å². The zero-order valence-electron chi connectivity index (χ0n) is 12.3. The quantitative estimate of drug-likeness (QED) is 0.462. The van der Waals surface area contributed by atoms with Crippen molar-refractivity contribution in [3.63, 3.8) is 0 Å². The zero-order chi connectivity index (χ0) is 15.1. The van der Waals surface area contributed by atoms with Gasteiger partial charge in [0.05, 0.1) is 16.9 Å². The maximum atomic E-state index is 10.8. The highest BCUT2D eigenvalue weighted by molar-refractivity contribution is 6.55. The number of aldehydes is 1. The van der Waals surface area contributed by atoms with Crippen LogP contribution in [0.4, 0.5) is 0 Å². The van der Waals surface area contributed by atoms with E-state index in [1.54, 1.807) is 12.2 Å². The van der Waals surface area contributed by atoms with Gasteiger partial charge in [0.1, 0.15) is 0 Å². The second-order valence-corrected chi connectivity index (χ2v) is 6.29. The molecule has 1 aliphatic heterocycles. The summed E-state index contributed by atoms with van der Waals surface area (Å²) in [6, 6.07) is -0.362. The fourth-order valence-corrected chi connectivity index (χ4v) is 2.23. The average Bonchev–Trinajstić information content (AvgIpc) is 2.58. The number of hydrogen-bond acceptors (Lipinski definition) is 5. The van der Waals surface area contributed by atoms with Gasteiger partial charge in [-0.2, -0.15) is 0 Å². The first kappa shape index (κ1) is 15.2. The van der Waals surface area contributed by atoms with E-state index in [2.05, 4.69) is 0 Å². The van der Waals surface area contributed by atoms with E-state index < -0.39 is 24.2 Å². The second-order valence-electron chi connectivity index (χ2n) is 6.29. The van der Waals surface area contributed by atoms with Gasteiger partial charge in [-0.25, -0.2) is 0 Å². The van der Waals surface area contributed by atoms with Crippen molar-refractivity contribution >= 4 is 19.1 Å². The minimum Gasteiger partial charge on any atom is -0.399 e. The highest BCUT2D eigenvalue weighted by Crippen LogP contribution is 2.39. The molecule has 0 bridgehead atoms. The van der Waals surface area contributed by atoms with Crippen LogP contribution in [0.15, 0.2) is 23.7 Å². The molecule has 0 aromatic carbocycles. The molecule has 0 saturated carbocycles. The molecule has 2 aliphatic rings. The molecule has 1 saturated heterocycles. The molecule has 1 aliphatic carbocycles. The van der Waals surface area contributed by atoms with E-state index in [4.69, 9.17) is 20.5 Å². The fraction of sp³-hybridized carbons (Fsp3) is 0.571. The standard InChI is InChI=1S/C14H21BN2O3/c1-13(2)14(3,4)20-15(19-13)9-5-6-11(16)10(7-9)12(17)8-18/h5-8,10-11,17H,16H2,1-4H3. The van der Waals surface area contributed by atoms with E-state index >= 15 is 0 Å². The summed E-state index contributed by atoms with van der Waals surface area (Å²) in [5.74, 6) is -0.425. The van der Waals surface area contributed by atoms with Crippen LogP contribution >= 0.6 is 0 Å². The molecule has 5 nitrogen and oxygen atoms in total. The number of carbonyl (C=O) groups excluding carboxylic acids is 1. The van der Waals surface area contributed by atoms with Gasteiger partial charge in [-0.1, -0.05) is 18.2 Å². The van der Waals surface area contributed by atoms with Crippen LogP contribution in [0.3, 0.4) is 0 Å². The van der Waals surface area contributed by atoms with E-state index in [1.165, 1.54) is 0 Å². The van der Waals surface area contributed by atoms with Gasteiger partial charge < -0.3 is 20.5 Å². The molecular formula is C14H21BN2O3. The third kappa shape index (κ3) is 2.51. The molecule has 0 radical (unpaired) electrons. The van der Waals surface area contributed by atoms with Crippen LogP contribution in [0.1, 0.15) is 27.7 Å². The highest BCUT2D eigenvalue weighted by atomic mass is 16.7. The van der Waals surface area contributed by atoms with Crippen LogP contribution in [0.5, 0.6) is 0 Å². The molecule has 2 atom stereocenters. The fourth-order valence-electron chi connectivity index (χ4n) is 2.23. The first-order valence-electron chi connectivity index (χ1n) is 6.73. The number of hydrogen-bond donors (Lipinski definition) is 2. The highest BCUT2D eigenvalue weighted by Gasteiger charge is 2.52. The van der Waals surface area contributed by atoms with Crippen molar-refractivity contribution in [1.82, 2.24) is 0 Å². The molecule has 0 amide bonds. The molecule has 0 aromatic heterocycles. The molecule has 108 valence electrons. The lowest BCUT2D eigenvalue weighted by Gasteiger charge is -2.32. The Balaban J connectivity index is 2.24. The van der Waals surface area contributed by atoms with Crippen LogP contribution in [-0.4, -0.2) is 36.4 Å². The SMILES string of the molecule is CC1(C)OB(C2=CC(C(=N)C=O)C(N)C=C2)OC1(C)C. The lowest BCUT2D eigenvalue weighted by atomic mass is 9.72. The van der Waals surface area contributed by atoms with Crippen molar-refractivity contribution in [2.75, 3.05) is 0 Å². The average molecular weight is 276 g/mol. The Kier molecular flexibility index (Phi) is 3.75. The van der Waals surface area contributed by atoms with Crippen LogP contribution < -0.4 is 5.73 Å². The summed E-state index contributed by atoms with van der Waals surface area (Å²) in [7, 11) is -0.495. The van der Waals surface area contributed by atoms with Crippen molar-refractivity contribution in [3.05, 3.63) is 23.7 Å². The van der Waals surface area contributed by atoms with Crippen LogP contribution in [0.25, 0.3) is 0 Å². The molecule has 1 heterocycles. The molecule has 0 spiro atoms. The van der Waals surface area contributed by atoms with Crippen molar-refractivity contribution in [2.24, 2.45) is 11.7 Å². The van der Waals surface area contributed by atoms with Crippen molar-refractivity contribution in [1.29, 1.82) is 5.41 Å². The van der Waals surface area contributed by atoms with E-state index in [0.717, 1.165) is 5.47 Å². The Labute approximate surface area is 119 Å². The Bertz CT molecular complexity index is 481. The Morgan fingerprint density at radius 2 is 1.90 bits per heavy atom. The summed E-state index contributed by atoms with van der Waals surface area (Å²) in [6.07, 6.45) is 5.95. The Hall–Kier alpha value is -1.24. The lowest BCUT2D eigenvalue weighted by Crippen LogP contribution is -2.41. The van der Waals surface area contributed by atoms with Gasteiger partial charge in [-0.05, 0) is 33.2 Å². The third-order valence-corrected chi connectivity index (χ3v) is 4.31. The number of carbonyl (C=O) groups is 1. The second kappa shape index (κ2) is 4.95. The third-order valence-electron chi connectivity index (χ3n) is 4.31. The van der Waals surface area contributed by atoms with E-state index in [0.29, 0.717) is 6.29 Å². The number of nitrogens with two attached hydrogens (primary N) is 1. The predicted octanol–water partition coefficient (Wildman–Crippen LogP) is 1.28. The molecule has 1 fully saturated rings. The van der Waals surface area contributed by atoms with Crippen molar-refractivity contribution in [3.8, 4) is 0 Å². The Morgan fingerprint density at radius 1 is 1.35 bits per heavy atom. The Morgan fingerprint density at radius 3 is 2.40 bits per heavy atom. The van der Waals surface area contributed by atoms with Crippen molar-refractivity contribution < 1.29 is 14.1 Å². The topological polar surface area (TPSA) is 85.4 Å². The smallest absolute Gasteiger partial charge is 0.399 e. The molecule has 0 aromatic rings. The van der Waals surface area contributed by atoms with Crippen LogP contribution in [0.2, 0.25) is 0 Å². The number of nitrogens with one attached hydrogen (secondary N) is 1. The summed E-state index contributed by atoms with van der Waals surface area (Å²) in [4.78, 5) is 10.8. The normalized spacial score (nSPS) is 31.1. The van der Waals surface area contributed by atoms with E-state index in [-0.39, 0.29) is 11.8 Å². The number of rotatable bonds is 3. The van der Waals surface area contributed by atoms with Gasteiger partial charge in [0.25, 0.3) is 0 Å². The lowest BCUT2D eigenvalue weighted by molar-refractivity contribution is -0.103. The maximum Gasteiger partial charge on any atom is 0.494 e. The largest absolute Gasteiger partial charge is 0.494 e. The molecular weight excluding hydrogens is 255 g/mol. The summed E-state index contributed by atoms with van der Waals surface area (Å²) >= 11 is 0. The first-order valence-corrected chi connectivity index (χ1v) is 6.73. The van der Waals surface area contributed by atoms with Crippen LogP contribution in [-0.2, 0) is 14.1 Å². The van der Waals surface area contributed by atoms with E-state index in [9.17, 15) is 4.79 Å². The maximum absolute atomic E-state index is 10.8. The molecule has 6 heteroatoms. The van der Waals surface area contributed by atoms with Gasteiger partial charge in [0, 0.05) is 12.0 Å². The summed E-state index contributed by atoms with van der Waals surface area (Å²) in [5, 5.41) is 7.67. The van der Waals surface area contributed by atoms with Gasteiger partial charge in [0.2, 0.25) is 0 Å². The number of allylic oxidation sites excluding steroid dienone is 2. The summed E-state index contributed by atoms with van der Waals surface area (Å²) in [5.41, 5.74) is 5.85. The zero-order valence-corrected chi connectivity index (χ0v) is 12.3. The molecule has 2 rings (SSSR count). The summed E-state index contributed by atoms with van der Waals surface area (Å²) < 4.78 is 11.9. The monoisotopic (exact) mass is 276 g/mol. The van der Waals surface area contributed by atoms with Gasteiger partial charge in [0.15, 0.2) is 6.29 Å². The molecule has 2 unspecified atom stereocenters.